The fourth-order valence-electron chi connectivity index (χ4n) is 6.15. The van der Waals surface area contributed by atoms with Crippen molar-refractivity contribution in [3.8, 4) is 0 Å². The van der Waals surface area contributed by atoms with E-state index >= 15 is 0 Å². The number of quaternary nitrogens is 1. The summed E-state index contributed by atoms with van der Waals surface area (Å²) in [7, 11) is 0. The monoisotopic (exact) mass is 458 g/mol. The van der Waals surface area contributed by atoms with E-state index in [1.54, 1.807) is 5.57 Å². The van der Waals surface area contributed by atoms with Crippen molar-refractivity contribution in [1.29, 1.82) is 0 Å². The van der Waals surface area contributed by atoms with Crippen molar-refractivity contribution in [3.05, 3.63) is 76.4 Å². The molecule has 5 heteroatoms. The predicted molar refractivity (Wildman–Crippen MR) is 135 cm³/mol. The van der Waals surface area contributed by atoms with Crippen LogP contribution >= 0.6 is 0 Å². The van der Waals surface area contributed by atoms with Crippen LogP contribution in [0.3, 0.4) is 0 Å². The zero-order chi connectivity index (χ0) is 23.5. The van der Waals surface area contributed by atoms with Gasteiger partial charge in [0, 0.05) is 38.4 Å². The number of primary amides is 1. The van der Waals surface area contributed by atoms with Gasteiger partial charge in [0.05, 0.1) is 19.6 Å². The lowest BCUT2D eigenvalue weighted by Crippen LogP contribution is -2.56. The highest BCUT2D eigenvalue weighted by Crippen LogP contribution is 2.38. The van der Waals surface area contributed by atoms with Gasteiger partial charge in [-0.3, -0.25) is 14.2 Å². The Morgan fingerprint density at radius 1 is 0.912 bits per heavy atom. The molecule has 0 radical (unpaired) electrons. The minimum atomic E-state index is -0.220. The molecule has 1 aliphatic carbocycles. The van der Waals surface area contributed by atoms with Crippen LogP contribution in [-0.4, -0.2) is 61.0 Å². The molecule has 2 fully saturated rings. The number of nitrogens with two attached hydrogens (primary N) is 1. The summed E-state index contributed by atoms with van der Waals surface area (Å²) in [5.41, 5.74) is 14.3. The zero-order valence-corrected chi connectivity index (χ0v) is 20.0. The van der Waals surface area contributed by atoms with Gasteiger partial charge in [-0.2, -0.15) is 0 Å². The topological polar surface area (TPSA) is 63.4 Å². The average Bonchev–Trinajstić information content (AvgIpc) is 3.05. The van der Waals surface area contributed by atoms with Crippen LogP contribution < -0.4 is 5.73 Å². The molecule has 5 rings (SSSR count). The van der Waals surface area contributed by atoms with Crippen LogP contribution in [0.5, 0.6) is 0 Å². The van der Waals surface area contributed by atoms with E-state index in [0.29, 0.717) is 4.48 Å². The molecule has 0 atom stereocenters. The van der Waals surface area contributed by atoms with Gasteiger partial charge in [-0.1, -0.05) is 54.1 Å². The molecule has 2 aromatic rings. The van der Waals surface area contributed by atoms with E-state index < -0.39 is 0 Å². The van der Waals surface area contributed by atoms with Crippen LogP contribution in [0.1, 0.15) is 47.9 Å². The summed E-state index contributed by atoms with van der Waals surface area (Å²) in [6, 6.07) is 17.9. The number of benzene rings is 2. The number of rotatable bonds is 5. The number of carbonyl (C=O) groups excluding carboxylic acids is 2. The smallest absolute Gasteiger partial charge is 0.301 e. The molecule has 34 heavy (non-hydrogen) atoms. The van der Waals surface area contributed by atoms with Gasteiger partial charge < -0.3 is 5.73 Å². The Labute approximate surface area is 202 Å². The number of amides is 2. The first kappa shape index (κ1) is 23.0. The van der Waals surface area contributed by atoms with E-state index in [4.69, 9.17) is 5.73 Å². The third kappa shape index (κ3) is 4.59. The number of nitrogens with zero attached hydrogens (tertiary/aromatic N) is 2. The number of likely N-dealkylation sites (tertiary alicyclic amines) is 2. The average molecular weight is 459 g/mol. The summed E-state index contributed by atoms with van der Waals surface area (Å²) >= 11 is 0. The van der Waals surface area contributed by atoms with E-state index in [0.717, 1.165) is 84.2 Å². The summed E-state index contributed by atoms with van der Waals surface area (Å²) < 4.78 is 0.467. The van der Waals surface area contributed by atoms with Gasteiger partial charge in [-0.05, 0) is 53.5 Å². The maximum absolute atomic E-state index is 12.0. The van der Waals surface area contributed by atoms with Crippen LogP contribution in [0.25, 0.3) is 5.57 Å². The molecule has 0 saturated carbocycles. The van der Waals surface area contributed by atoms with Crippen molar-refractivity contribution in [2.75, 3.05) is 39.3 Å². The van der Waals surface area contributed by atoms with Gasteiger partial charge in [0.15, 0.2) is 0 Å². The van der Waals surface area contributed by atoms with Gasteiger partial charge in [0.2, 0.25) is 5.91 Å². The van der Waals surface area contributed by atoms with Crippen LogP contribution in [0.15, 0.2) is 54.1 Å². The standard InChI is InChI=1S/C29H35N3O2/c30-29(34)25-13-18-32(21-33,19-14-25)20-17-31-15-11-24(12-16-31)28-26-7-3-1-5-22(26)9-10-23-6-2-4-8-27(23)28/h1-8,21,25H,9-20H2,(H-,30,34)/p+1. The maximum atomic E-state index is 12.0. The molecule has 0 unspecified atom stereocenters. The van der Waals surface area contributed by atoms with E-state index in [1.807, 2.05) is 0 Å². The molecule has 0 bridgehead atoms. The maximum Gasteiger partial charge on any atom is 0.301 e. The largest absolute Gasteiger partial charge is 0.369 e. The molecule has 178 valence electrons. The summed E-state index contributed by atoms with van der Waals surface area (Å²) in [6.45, 7) is 5.28. The lowest BCUT2D eigenvalue weighted by Gasteiger charge is -2.39. The Morgan fingerprint density at radius 3 is 2.00 bits per heavy atom. The highest BCUT2D eigenvalue weighted by atomic mass is 16.1. The molecule has 2 amide bonds. The molecule has 5 nitrogen and oxygen atoms in total. The van der Waals surface area contributed by atoms with Crippen molar-refractivity contribution in [1.82, 2.24) is 4.90 Å². The van der Waals surface area contributed by atoms with Crippen LogP contribution in [-0.2, 0) is 22.4 Å². The van der Waals surface area contributed by atoms with Crippen LogP contribution in [0, 0.1) is 5.92 Å². The van der Waals surface area contributed by atoms with Crippen molar-refractivity contribution in [2.45, 2.75) is 38.5 Å². The zero-order valence-electron chi connectivity index (χ0n) is 20.0. The fraction of sp³-hybridized carbons (Fsp3) is 0.448. The highest BCUT2D eigenvalue weighted by Gasteiger charge is 2.36. The fourth-order valence-corrected chi connectivity index (χ4v) is 6.15. The molecule has 2 saturated heterocycles. The number of aryl methyl sites for hydroxylation is 2. The Bertz CT molecular complexity index is 1040. The third-order valence-corrected chi connectivity index (χ3v) is 8.38. The normalized spacial score (nSPS) is 25.2. The summed E-state index contributed by atoms with van der Waals surface area (Å²) in [5.74, 6) is -0.289. The second-order valence-electron chi connectivity index (χ2n) is 10.3. The van der Waals surface area contributed by atoms with Crippen molar-refractivity contribution in [2.24, 2.45) is 11.7 Å². The molecule has 2 heterocycles. The Balaban J connectivity index is 1.30. The Hall–Kier alpha value is -2.76. The minimum Gasteiger partial charge on any atom is -0.369 e. The lowest BCUT2D eigenvalue weighted by atomic mass is 9.86. The number of hydrogen-bond donors (Lipinski definition) is 1. The molecule has 2 aliphatic heterocycles. The predicted octanol–water partition coefficient (Wildman–Crippen LogP) is 3.55. The molecule has 0 spiro atoms. The second-order valence-corrected chi connectivity index (χ2v) is 10.3. The van der Waals surface area contributed by atoms with E-state index in [1.165, 1.54) is 27.8 Å². The number of carbonyl (C=O) groups is 2. The van der Waals surface area contributed by atoms with Crippen molar-refractivity contribution in [3.63, 3.8) is 0 Å². The van der Waals surface area contributed by atoms with Crippen molar-refractivity contribution >= 4 is 17.9 Å². The van der Waals surface area contributed by atoms with Crippen LogP contribution in [0.2, 0.25) is 0 Å². The second kappa shape index (κ2) is 9.85. The van der Waals surface area contributed by atoms with Crippen LogP contribution in [0.4, 0.5) is 0 Å². The quantitative estimate of drug-likeness (QED) is 0.551. The van der Waals surface area contributed by atoms with Gasteiger partial charge in [0.1, 0.15) is 0 Å². The first-order chi connectivity index (χ1) is 16.6. The van der Waals surface area contributed by atoms with Crippen molar-refractivity contribution < 1.29 is 14.1 Å². The number of fused-ring (bicyclic) bond motifs is 2. The Kier molecular flexibility index (Phi) is 6.66. The molecule has 2 aromatic carbocycles. The molecule has 0 aromatic heterocycles. The first-order valence-corrected chi connectivity index (χ1v) is 12.8. The van der Waals surface area contributed by atoms with Gasteiger partial charge in [-0.25, -0.2) is 4.79 Å². The first-order valence-electron chi connectivity index (χ1n) is 12.8. The van der Waals surface area contributed by atoms with Gasteiger partial charge in [0.25, 0.3) is 0 Å². The van der Waals surface area contributed by atoms with E-state index in [2.05, 4.69) is 53.4 Å². The van der Waals surface area contributed by atoms with E-state index in [9.17, 15) is 9.59 Å². The molecule has 3 aliphatic rings. The number of hydrogen-bond acceptors (Lipinski definition) is 3. The van der Waals surface area contributed by atoms with Gasteiger partial charge in [-0.15, -0.1) is 0 Å². The third-order valence-electron chi connectivity index (χ3n) is 8.38. The molecular weight excluding hydrogens is 422 g/mol. The molecule has 2 N–H and O–H groups in total. The lowest BCUT2D eigenvalue weighted by molar-refractivity contribution is -0.851. The Morgan fingerprint density at radius 2 is 1.47 bits per heavy atom. The van der Waals surface area contributed by atoms with E-state index in [-0.39, 0.29) is 11.8 Å². The van der Waals surface area contributed by atoms with Gasteiger partial charge >= 0.3 is 6.41 Å². The SMILES string of the molecule is NC(=O)C1CC[N+](C=O)(CCN2CCC(=C3c4ccccc4CCc4ccccc43)CC2)CC1. The summed E-state index contributed by atoms with van der Waals surface area (Å²) in [4.78, 5) is 26.0. The summed E-state index contributed by atoms with van der Waals surface area (Å²) in [6.07, 6.45) is 6.89. The molecular formula is C29H36N3O2+. The number of piperidine rings is 2. The highest BCUT2D eigenvalue weighted by molar-refractivity contribution is 5.86. The summed E-state index contributed by atoms with van der Waals surface area (Å²) in [5, 5.41) is 0. The minimum absolute atomic E-state index is 0.0688.